The van der Waals surface area contributed by atoms with Crippen molar-refractivity contribution in [3.63, 3.8) is 0 Å². The van der Waals surface area contributed by atoms with Crippen molar-refractivity contribution in [3.05, 3.63) is 22.1 Å². The van der Waals surface area contributed by atoms with Crippen LogP contribution in [-0.4, -0.2) is 0 Å². The Bertz CT molecular complexity index is 140. The predicted molar refractivity (Wildman–Crippen MR) is 29.0 cm³/mol. The molecule has 0 saturated carbocycles. The second kappa shape index (κ2) is 1.62. The zero-order chi connectivity index (χ0) is 5.28. The summed E-state index contributed by atoms with van der Waals surface area (Å²) in [5.74, 6) is -0.0926. The Morgan fingerprint density at radius 1 is 1.71 bits per heavy atom. The molecule has 1 heterocycles. The van der Waals surface area contributed by atoms with Crippen molar-refractivity contribution in [2.75, 3.05) is 0 Å². The second-order valence-electron chi connectivity index (χ2n) is 1.32. The Kier molecular flexibility index (Phi) is 1.11. The van der Waals surface area contributed by atoms with E-state index in [0.717, 1.165) is 4.88 Å². The van der Waals surface area contributed by atoms with Gasteiger partial charge in [0, 0.05) is 4.88 Å². The van der Waals surface area contributed by atoms with Crippen LogP contribution in [0.1, 0.15) is 4.88 Å². The van der Waals surface area contributed by atoms with Crippen molar-refractivity contribution in [1.82, 2.24) is 0 Å². The van der Waals surface area contributed by atoms with Crippen LogP contribution in [0.25, 0.3) is 0 Å². The van der Waals surface area contributed by atoms with Gasteiger partial charge in [-0.3, -0.25) is 0 Å². The van der Waals surface area contributed by atoms with Crippen molar-refractivity contribution in [1.29, 1.82) is 0 Å². The standard InChI is InChI=1S/C5H5FS/c1-4-5(6)2-3-7-4/h2-3H,1H3. The lowest BCUT2D eigenvalue weighted by atomic mass is 10.5. The minimum absolute atomic E-state index is 0.0926. The summed E-state index contributed by atoms with van der Waals surface area (Å²) in [4.78, 5) is 0.764. The third kappa shape index (κ3) is 0.800. The number of rotatable bonds is 0. The van der Waals surface area contributed by atoms with E-state index in [9.17, 15) is 4.39 Å². The van der Waals surface area contributed by atoms with Gasteiger partial charge >= 0.3 is 0 Å². The van der Waals surface area contributed by atoms with Crippen LogP contribution in [0.2, 0.25) is 0 Å². The third-order valence-corrected chi connectivity index (χ3v) is 1.62. The van der Waals surface area contributed by atoms with E-state index in [1.54, 1.807) is 12.3 Å². The highest BCUT2D eigenvalue weighted by Gasteiger charge is 1.92. The van der Waals surface area contributed by atoms with Gasteiger partial charge in [-0.05, 0) is 18.4 Å². The topological polar surface area (TPSA) is 0 Å². The molecule has 0 fully saturated rings. The number of halogens is 1. The minimum atomic E-state index is -0.0926. The lowest BCUT2D eigenvalue weighted by molar-refractivity contribution is 0.625. The van der Waals surface area contributed by atoms with Gasteiger partial charge in [0.1, 0.15) is 5.82 Å². The van der Waals surface area contributed by atoms with Gasteiger partial charge < -0.3 is 0 Å². The fourth-order valence-corrected chi connectivity index (χ4v) is 0.942. The summed E-state index contributed by atoms with van der Waals surface area (Å²) in [5.41, 5.74) is 0. The Labute approximate surface area is 45.6 Å². The van der Waals surface area contributed by atoms with Gasteiger partial charge in [-0.25, -0.2) is 4.39 Å². The monoisotopic (exact) mass is 116 g/mol. The Balaban J connectivity index is 3.12. The molecular weight excluding hydrogens is 111 g/mol. The van der Waals surface area contributed by atoms with E-state index in [2.05, 4.69) is 0 Å². The van der Waals surface area contributed by atoms with Crippen LogP contribution < -0.4 is 0 Å². The first kappa shape index (κ1) is 4.78. The summed E-state index contributed by atoms with van der Waals surface area (Å²) in [6.45, 7) is 1.76. The van der Waals surface area contributed by atoms with Gasteiger partial charge in [-0.2, -0.15) is 0 Å². The van der Waals surface area contributed by atoms with Crippen LogP contribution in [0.5, 0.6) is 0 Å². The van der Waals surface area contributed by atoms with E-state index in [1.165, 1.54) is 17.4 Å². The first-order chi connectivity index (χ1) is 3.30. The molecule has 0 saturated heterocycles. The average Bonchev–Trinajstić information content (AvgIpc) is 1.91. The molecule has 0 spiro atoms. The molecule has 0 nitrogen and oxygen atoms in total. The van der Waals surface area contributed by atoms with Crippen molar-refractivity contribution in [3.8, 4) is 0 Å². The van der Waals surface area contributed by atoms with Crippen molar-refractivity contribution in [2.24, 2.45) is 0 Å². The Morgan fingerprint density at radius 3 is 2.57 bits per heavy atom. The first-order valence-electron chi connectivity index (χ1n) is 2.00. The summed E-state index contributed by atoms with van der Waals surface area (Å²) in [6, 6.07) is 1.47. The van der Waals surface area contributed by atoms with Gasteiger partial charge in [0.2, 0.25) is 0 Å². The van der Waals surface area contributed by atoms with Gasteiger partial charge in [-0.15, -0.1) is 11.3 Å². The molecule has 0 N–H and O–H groups in total. The summed E-state index contributed by atoms with van der Waals surface area (Å²) in [6.07, 6.45) is 0. The predicted octanol–water partition coefficient (Wildman–Crippen LogP) is 2.20. The smallest absolute Gasteiger partial charge is 0.136 e. The van der Waals surface area contributed by atoms with Gasteiger partial charge in [-0.1, -0.05) is 0 Å². The molecule has 0 aromatic carbocycles. The highest BCUT2D eigenvalue weighted by molar-refractivity contribution is 7.09. The van der Waals surface area contributed by atoms with Crippen LogP contribution in [0, 0.1) is 12.7 Å². The molecule has 0 amide bonds. The molecule has 0 aliphatic heterocycles. The van der Waals surface area contributed by atoms with E-state index in [1.807, 2.05) is 0 Å². The zero-order valence-corrected chi connectivity index (χ0v) is 4.76. The van der Waals surface area contributed by atoms with Crippen molar-refractivity contribution in [2.45, 2.75) is 6.92 Å². The molecule has 0 aliphatic carbocycles. The maximum atomic E-state index is 12.1. The summed E-state index contributed by atoms with van der Waals surface area (Å²) < 4.78 is 12.1. The maximum Gasteiger partial charge on any atom is 0.136 e. The van der Waals surface area contributed by atoms with Gasteiger partial charge in [0.15, 0.2) is 0 Å². The van der Waals surface area contributed by atoms with Crippen LogP contribution in [-0.2, 0) is 0 Å². The lowest BCUT2D eigenvalue weighted by Gasteiger charge is -1.75. The largest absolute Gasteiger partial charge is 0.206 e. The highest BCUT2D eigenvalue weighted by Crippen LogP contribution is 2.11. The molecule has 1 rings (SSSR count). The van der Waals surface area contributed by atoms with Crippen LogP contribution >= 0.6 is 11.3 Å². The summed E-state index contributed by atoms with van der Waals surface area (Å²) in [7, 11) is 0. The minimum Gasteiger partial charge on any atom is -0.206 e. The fraction of sp³-hybridized carbons (Fsp3) is 0.200. The molecular formula is C5H5FS. The summed E-state index contributed by atoms with van der Waals surface area (Å²) in [5, 5.41) is 1.74. The average molecular weight is 116 g/mol. The van der Waals surface area contributed by atoms with Crippen LogP contribution in [0.4, 0.5) is 4.39 Å². The molecule has 0 radical (unpaired) electrons. The molecule has 0 atom stereocenters. The molecule has 0 aliphatic rings. The van der Waals surface area contributed by atoms with E-state index in [4.69, 9.17) is 0 Å². The van der Waals surface area contributed by atoms with Crippen molar-refractivity contribution < 1.29 is 4.39 Å². The van der Waals surface area contributed by atoms with E-state index in [-0.39, 0.29) is 5.82 Å². The third-order valence-electron chi connectivity index (χ3n) is 0.796. The number of thiophene rings is 1. The molecule has 38 valence electrons. The van der Waals surface area contributed by atoms with Gasteiger partial charge in [0.25, 0.3) is 0 Å². The van der Waals surface area contributed by atoms with E-state index >= 15 is 0 Å². The molecule has 0 unspecified atom stereocenters. The molecule has 2 heteroatoms. The first-order valence-corrected chi connectivity index (χ1v) is 2.88. The van der Waals surface area contributed by atoms with Crippen LogP contribution in [0.15, 0.2) is 11.4 Å². The number of hydrogen-bond donors (Lipinski definition) is 0. The Hall–Kier alpha value is -0.370. The van der Waals surface area contributed by atoms with E-state index < -0.39 is 0 Å². The molecule has 0 bridgehead atoms. The Morgan fingerprint density at radius 2 is 2.43 bits per heavy atom. The fourth-order valence-electron chi connectivity index (χ4n) is 0.369. The summed E-state index contributed by atoms with van der Waals surface area (Å²) >= 11 is 1.43. The maximum absolute atomic E-state index is 12.1. The van der Waals surface area contributed by atoms with E-state index in [0.29, 0.717) is 0 Å². The SMILES string of the molecule is Cc1sccc1F. The lowest BCUT2D eigenvalue weighted by Crippen LogP contribution is -1.63. The molecule has 1 aromatic heterocycles. The van der Waals surface area contributed by atoms with Crippen LogP contribution in [0.3, 0.4) is 0 Å². The molecule has 7 heavy (non-hydrogen) atoms. The number of hydrogen-bond acceptors (Lipinski definition) is 1. The molecule has 1 aromatic rings. The normalized spacial score (nSPS) is 9.43. The highest BCUT2D eigenvalue weighted by atomic mass is 32.1. The number of aryl methyl sites for hydroxylation is 1. The second-order valence-corrected chi connectivity index (χ2v) is 2.44. The van der Waals surface area contributed by atoms with Crippen molar-refractivity contribution >= 4 is 11.3 Å². The van der Waals surface area contributed by atoms with Gasteiger partial charge in [0.05, 0.1) is 0 Å². The zero-order valence-electron chi connectivity index (χ0n) is 3.94. The quantitative estimate of drug-likeness (QED) is 0.487.